The number of amides is 2. The molecule has 2 aromatic rings. The van der Waals surface area contributed by atoms with Crippen LogP contribution < -0.4 is 4.90 Å². The van der Waals surface area contributed by atoms with Crippen LogP contribution in [0.2, 0.25) is 0 Å². The van der Waals surface area contributed by atoms with Crippen LogP contribution in [0.1, 0.15) is 25.0 Å². The number of Topliss-reactive ketones (excluding diaryl/α,β-unsaturated/α-hetero) is 1. The molecule has 2 unspecified atom stereocenters. The van der Waals surface area contributed by atoms with E-state index in [0.717, 1.165) is 18.8 Å². The molecule has 2 amide bonds. The van der Waals surface area contributed by atoms with Crippen LogP contribution in [-0.2, 0) is 30.2 Å². The molecule has 0 radical (unpaired) electrons. The van der Waals surface area contributed by atoms with Crippen LogP contribution in [0.15, 0.2) is 54.7 Å². The fraction of sp³-hybridized carbons (Fsp3) is 0.462. The number of ketones is 1. The van der Waals surface area contributed by atoms with Crippen molar-refractivity contribution in [3.8, 4) is 0 Å². The number of nitrogens with zero attached hydrogens (tertiary/aromatic N) is 5. The van der Waals surface area contributed by atoms with Crippen LogP contribution in [-0.4, -0.2) is 96.5 Å². The highest BCUT2D eigenvalue weighted by atomic mass is 32.2. The quantitative estimate of drug-likeness (QED) is 0.528. The number of hydrogen-bond donors (Lipinski definition) is 0. The Balaban J connectivity index is 1.14. The lowest BCUT2D eigenvalue weighted by molar-refractivity contribution is -0.139. The number of fused-ring (bicyclic) bond motifs is 1. The lowest BCUT2D eigenvalue weighted by Crippen LogP contribution is -2.49. The highest BCUT2D eigenvalue weighted by Gasteiger charge is 2.53. The Hall–Kier alpha value is -3.31. The molecule has 37 heavy (non-hydrogen) atoms. The summed E-state index contributed by atoms with van der Waals surface area (Å²) in [5.41, 5.74) is 1.54. The summed E-state index contributed by atoms with van der Waals surface area (Å²) >= 11 is 0. The Kier molecular flexibility index (Phi) is 7.25. The average Bonchev–Trinajstić information content (AvgIpc) is 3.49. The van der Waals surface area contributed by atoms with Crippen LogP contribution in [0.4, 0.5) is 5.69 Å². The van der Waals surface area contributed by atoms with E-state index in [1.807, 2.05) is 18.2 Å². The van der Waals surface area contributed by atoms with Crippen molar-refractivity contribution in [1.82, 2.24) is 19.1 Å². The number of sulfonamides is 1. The maximum absolute atomic E-state index is 13.0. The van der Waals surface area contributed by atoms with Crippen LogP contribution in [0.25, 0.3) is 0 Å². The summed E-state index contributed by atoms with van der Waals surface area (Å²) < 4.78 is 27.3. The van der Waals surface area contributed by atoms with Crippen molar-refractivity contribution in [3.63, 3.8) is 0 Å². The lowest BCUT2D eigenvalue weighted by Gasteiger charge is -2.36. The monoisotopic (exact) mass is 525 g/mol. The predicted octanol–water partition coefficient (Wildman–Crippen LogP) is 0.895. The maximum Gasteiger partial charge on any atom is 0.223 e. The average molecular weight is 526 g/mol. The third-order valence-corrected chi connectivity index (χ3v) is 9.19. The molecule has 10 nitrogen and oxygen atoms in total. The Labute approximate surface area is 216 Å². The highest BCUT2D eigenvalue weighted by Crippen LogP contribution is 2.33. The number of piperazine rings is 1. The van der Waals surface area contributed by atoms with Gasteiger partial charge in [-0.2, -0.15) is 4.31 Å². The van der Waals surface area contributed by atoms with E-state index in [4.69, 9.17) is 0 Å². The number of anilines is 1. The Morgan fingerprint density at radius 1 is 0.892 bits per heavy atom. The minimum Gasteiger partial charge on any atom is -0.368 e. The summed E-state index contributed by atoms with van der Waals surface area (Å²) in [4.78, 5) is 48.2. The molecule has 1 aromatic carbocycles. The largest absolute Gasteiger partial charge is 0.368 e. The zero-order valence-corrected chi connectivity index (χ0v) is 21.4. The van der Waals surface area contributed by atoms with Crippen molar-refractivity contribution in [2.45, 2.75) is 37.1 Å². The fourth-order valence-corrected chi connectivity index (χ4v) is 7.20. The van der Waals surface area contributed by atoms with Crippen molar-refractivity contribution in [2.24, 2.45) is 0 Å². The molecule has 2 atom stereocenters. The van der Waals surface area contributed by atoms with Gasteiger partial charge >= 0.3 is 0 Å². The summed E-state index contributed by atoms with van der Waals surface area (Å²) in [7, 11) is -3.77. The zero-order chi connectivity index (χ0) is 26.0. The van der Waals surface area contributed by atoms with Gasteiger partial charge in [0.2, 0.25) is 21.8 Å². The van der Waals surface area contributed by atoms with Gasteiger partial charge < -0.3 is 14.7 Å². The van der Waals surface area contributed by atoms with Gasteiger partial charge in [0, 0.05) is 57.4 Å². The first-order chi connectivity index (χ1) is 17.8. The number of benzene rings is 1. The molecular formula is C26H31N5O5S. The van der Waals surface area contributed by atoms with Crippen LogP contribution in [0, 0.1) is 0 Å². The van der Waals surface area contributed by atoms with Crippen LogP contribution in [0.5, 0.6) is 0 Å². The molecular weight excluding hydrogens is 494 g/mol. The van der Waals surface area contributed by atoms with E-state index < -0.39 is 22.1 Å². The van der Waals surface area contributed by atoms with Gasteiger partial charge in [-0.1, -0.05) is 24.3 Å². The van der Waals surface area contributed by atoms with E-state index in [-0.39, 0.29) is 42.7 Å². The van der Waals surface area contributed by atoms with Crippen molar-refractivity contribution in [3.05, 3.63) is 60.4 Å². The smallest absolute Gasteiger partial charge is 0.223 e. The van der Waals surface area contributed by atoms with Gasteiger partial charge in [0.15, 0.2) is 5.78 Å². The summed E-state index contributed by atoms with van der Waals surface area (Å²) in [5.74, 6) is -0.913. The summed E-state index contributed by atoms with van der Waals surface area (Å²) in [6.45, 7) is 2.72. The molecule has 0 spiro atoms. The standard InChI is InChI=1S/C26H31N5O5S/c32-23-18-31(37(35,36)19-20-6-4-5-12-27-20)22-11-13-30(26(22)23)25(34)10-9-24(33)29-16-14-28(15-17-29)21-7-2-1-3-8-21/h1-8,12,22,26H,9-11,13-19H2. The number of likely N-dealkylation sites (tertiary alicyclic amines) is 1. The van der Waals surface area contributed by atoms with Gasteiger partial charge in [0.25, 0.3) is 0 Å². The number of carbonyl (C=O) groups excluding carboxylic acids is 3. The number of rotatable bonds is 7. The summed E-state index contributed by atoms with van der Waals surface area (Å²) in [6, 6.07) is 13.8. The molecule has 11 heteroatoms. The zero-order valence-electron chi connectivity index (χ0n) is 20.6. The Bertz CT molecular complexity index is 1250. The second-order valence-corrected chi connectivity index (χ2v) is 11.6. The molecule has 0 N–H and O–H groups in total. The molecule has 1 aromatic heterocycles. The van der Waals surface area contributed by atoms with Gasteiger partial charge in [0.1, 0.15) is 11.8 Å². The number of para-hydroxylation sites is 1. The van der Waals surface area contributed by atoms with Gasteiger partial charge in [-0.25, -0.2) is 8.42 Å². The van der Waals surface area contributed by atoms with Gasteiger partial charge in [0.05, 0.1) is 18.3 Å². The van der Waals surface area contributed by atoms with E-state index >= 15 is 0 Å². The molecule has 3 fully saturated rings. The minimum absolute atomic E-state index is 0.00885. The molecule has 0 saturated carbocycles. The number of pyridine rings is 1. The lowest BCUT2D eigenvalue weighted by atomic mass is 10.1. The minimum atomic E-state index is -3.77. The van der Waals surface area contributed by atoms with Crippen molar-refractivity contribution in [1.29, 1.82) is 0 Å². The highest BCUT2D eigenvalue weighted by molar-refractivity contribution is 7.88. The summed E-state index contributed by atoms with van der Waals surface area (Å²) in [6.07, 6.45) is 2.02. The van der Waals surface area contributed by atoms with Crippen LogP contribution >= 0.6 is 0 Å². The first-order valence-corrected chi connectivity index (χ1v) is 14.2. The molecule has 5 rings (SSSR count). The van der Waals surface area contributed by atoms with Crippen LogP contribution in [0.3, 0.4) is 0 Å². The third-order valence-electron chi connectivity index (χ3n) is 7.42. The molecule has 4 heterocycles. The molecule has 3 aliphatic rings. The molecule has 0 bridgehead atoms. The van der Waals surface area contributed by atoms with Crippen molar-refractivity contribution < 1.29 is 22.8 Å². The van der Waals surface area contributed by atoms with Crippen molar-refractivity contribution in [2.75, 3.05) is 44.2 Å². The van der Waals surface area contributed by atoms with Gasteiger partial charge in [-0.05, 0) is 30.7 Å². The van der Waals surface area contributed by atoms with E-state index in [1.54, 1.807) is 23.1 Å². The maximum atomic E-state index is 13.0. The van der Waals surface area contributed by atoms with E-state index in [2.05, 4.69) is 22.0 Å². The molecule has 3 aliphatic heterocycles. The number of carbonyl (C=O) groups is 3. The van der Waals surface area contributed by atoms with E-state index in [0.29, 0.717) is 31.7 Å². The van der Waals surface area contributed by atoms with Crippen molar-refractivity contribution >= 4 is 33.3 Å². The summed E-state index contributed by atoms with van der Waals surface area (Å²) in [5, 5.41) is 0. The van der Waals surface area contributed by atoms with E-state index in [1.165, 1.54) is 15.4 Å². The Morgan fingerprint density at radius 3 is 2.30 bits per heavy atom. The number of aromatic nitrogens is 1. The van der Waals surface area contributed by atoms with Gasteiger partial charge in [-0.3, -0.25) is 19.4 Å². The second kappa shape index (κ2) is 10.6. The normalized spacial score (nSPS) is 22.4. The Morgan fingerprint density at radius 2 is 1.59 bits per heavy atom. The molecule has 0 aliphatic carbocycles. The second-order valence-electron chi connectivity index (χ2n) is 9.68. The SMILES string of the molecule is O=C1CN(S(=O)(=O)Cc2ccccn2)C2CCN(C(=O)CCC(=O)N3CCN(c4ccccc4)CC3)C12. The fourth-order valence-electron chi connectivity index (χ4n) is 5.54. The number of hydrogen-bond acceptors (Lipinski definition) is 7. The molecule has 3 saturated heterocycles. The first-order valence-electron chi connectivity index (χ1n) is 12.6. The topological polar surface area (TPSA) is 111 Å². The van der Waals surface area contributed by atoms with Gasteiger partial charge in [-0.15, -0.1) is 0 Å². The predicted molar refractivity (Wildman–Crippen MR) is 137 cm³/mol. The molecule has 196 valence electrons. The van der Waals surface area contributed by atoms with E-state index in [9.17, 15) is 22.8 Å². The first kappa shape index (κ1) is 25.3. The third kappa shape index (κ3) is 5.37.